The van der Waals surface area contributed by atoms with E-state index in [1.165, 1.54) is 14.2 Å². The summed E-state index contributed by atoms with van der Waals surface area (Å²) >= 11 is 0. The van der Waals surface area contributed by atoms with Gasteiger partial charge >= 0.3 is 12.0 Å². The first-order valence-electron chi connectivity index (χ1n) is 11.7. The Labute approximate surface area is 219 Å². The second-order valence-corrected chi connectivity index (χ2v) is 8.14. The average molecular weight is 514 g/mol. The Hall–Kier alpha value is -4.96. The third-order valence-corrected chi connectivity index (χ3v) is 5.56. The van der Waals surface area contributed by atoms with Gasteiger partial charge in [-0.3, -0.25) is 10.1 Å². The minimum absolute atomic E-state index is 0.0979. The molecule has 4 rings (SSSR count). The van der Waals surface area contributed by atoms with Gasteiger partial charge in [-0.15, -0.1) is 10.2 Å². The maximum absolute atomic E-state index is 12.6. The molecule has 0 spiro atoms. The van der Waals surface area contributed by atoms with Crippen LogP contribution in [-0.4, -0.2) is 36.4 Å². The number of carbonyl (C=O) groups excluding carboxylic acids is 2. The van der Waals surface area contributed by atoms with Crippen LogP contribution in [0.3, 0.4) is 0 Å². The summed E-state index contributed by atoms with van der Waals surface area (Å²) in [4.78, 5) is 25.2. The summed E-state index contributed by atoms with van der Waals surface area (Å²) in [5.41, 5.74) is 8.81. The van der Waals surface area contributed by atoms with Crippen molar-refractivity contribution >= 4 is 23.5 Å². The minimum atomic E-state index is -0.636. The molecular formula is C28H27N5O5. The number of aromatic nitrogens is 2. The number of benzene rings is 3. The number of methoxy groups -OCH3 is 2. The fourth-order valence-electron chi connectivity index (χ4n) is 3.64. The van der Waals surface area contributed by atoms with E-state index in [0.29, 0.717) is 28.4 Å². The van der Waals surface area contributed by atoms with E-state index in [1.54, 1.807) is 54.6 Å². The van der Waals surface area contributed by atoms with Crippen molar-refractivity contribution in [3.8, 4) is 28.5 Å². The number of urea groups is 1. The summed E-state index contributed by atoms with van der Waals surface area (Å²) in [6.07, 6.45) is -0.0979. The van der Waals surface area contributed by atoms with Gasteiger partial charge in [0.2, 0.25) is 0 Å². The third-order valence-electron chi connectivity index (χ3n) is 5.56. The molecule has 0 bridgehead atoms. The van der Waals surface area contributed by atoms with E-state index in [9.17, 15) is 9.59 Å². The Kier molecular flexibility index (Phi) is 8.47. The first-order chi connectivity index (χ1) is 18.5. The predicted molar refractivity (Wildman–Crippen MR) is 143 cm³/mol. The van der Waals surface area contributed by atoms with Gasteiger partial charge < -0.3 is 25.3 Å². The average Bonchev–Trinajstić information content (AvgIpc) is 2.94. The molecule has 194 valence electrons. The van der Waals surface area contributed by atoms with Gasteiger partial charge in [0.05, 0.1) is 32.0 Å². The highest BCUT2D eigenvalue weighted by Crippen LogP contribution is 2.31. The number of esters is 1. The van der Waals surface area contributed by atoms with Gasteiger partial charge in [-0.05, 0) is 42.0 Å². The topological polar surface area (TPSA) is 138 Å². The highest BCUT2D eigenvalue weighted by molar-refractivity contribution is 6.00. The molecule has 0 saturated carbocycles. The van der Waals surface area contributed by atoms with E-state index in [0.717, 1.165) is 5.56 Å². The van der Waals surface area contributed by atoms with Crippen molar-refractivity contribution in [3.63, 3.8) is 0 Å². The van der Waals surface area contributed by atoms with Gasteiger partial charge in [0.25, 0.3) is 0 Å². The molecule has 38 heavy (non-hydrogen) atoms. The van der Waals surface area contributed by atoms with Crippen LogP contribution in [0.1, 0.15) is 18.0 Å². The summed E-state index contributed by atoms with van der Waals surface area (Å²) < 4.78 is 16.0. The van der Waals surface area contributed by atoms with Crippen molar-refractivity contribution in [2.45, 2.75) is 12.5 Å². The molecule has 1 unspecified atom stereocenters. The van der Waals surface area contributed by atoms with Crippen molar-refractivity contribution in [1.29, 1.82) is 0 Å². The maximum Gasteiger partial charge on any atom is 0.325 e. The molecule has 2 amide bonds. The largest absolute Gasteiger partial charge is 0.493 e. The number of ether oxygens (including phenoxy) is 3. The molecule has 1 heterocycles. The van der Waals surface area contributed by atoms with Crippen molar-refractivity contribution in [1.82, 2.24) is 10.2 Å². The molecule has 0 aliphatic heterocycles. The Morgan fingerprint density at radius 2 is 1.55 bits per heavy atom. The zero-order valence-corrected chi connectivity index (χ0v) is 20.9. The zero-order valence-electron chi connectivity index (χ0n) is 20.9. The number of para-hydroxylation sites is 2. The van der Waals surface area contributed by atoms with Crippen molar-refractivity contribution in [3.05, 3.63) is 90.5 Å². The fourth-order valence-corrected chi connectivity index (χ4v) is 3.64. The third kappa shape index (κ3) is 6.62. The Morgan fingerprint density at radius 1 is 0.816 bits per heavy atom. The van der Waals surface area contributed by atoms with Gasteiger partial charge in [0.15, 0.2) is 23.1 Å². The van der Waals surface area contributed by atoms with E-state index in [1.807, 2.05) is 30.3 Å². The molecule has 3 aromatic carbocycles. The summed E-state index contributed by atoms with van der Waals surface area (Å²) in [6, 6.07) is 23.5. The Bertz CT molecular complexity index is 1400. The van der Waals surface area contributed by atoms with Gasteiger partial charge in [-0.2, -0.15) is 0 Å². The number of nitrogens with two attached hydrogens (primary N) is 1. The molecule has 4 N–H and O–H groups in total. The summed E-state index contributed by atoms with van der Waals surface area (Å²) in [6.45, 7) is 0. The molecule has 0 fully saturated rings. The van der Waals surface area contributed by atoms with Crippen LogP contribution in [0, 0.1) is 0 Å². The molecule has 1 aromatic heterocycles. The minimum Gasteiger partial charge on any atom is -0.493 e. The van der Waals surface area contributed by atoms with Crippen LogP contribution in [0.4, 0.5) is 16.3 Å². The maximum atomic E-state index is 12.6. The summed E-state index contributed by atoms with van der Waals surface area (Å²) in [5.74, 6) is 0.940. The fraction of sp³-hybridized carbons (Fsp3) is 0.143. The van der Waals surface area contributed by atoms with Crippen LogP contribution in [-0.2, 0) is 4.79 Å². The number of rotatable bonds is 9. The number of hydrogen-bond donors (Lipinski definition) is 3. The quantitative estimate of drug-likeness (QED) is 0.214. The molecule has 1 atom stereocenters. The van der Waals surface area contributed by atoms with Gasteiger partial charge in [0.1, 0.15) is 0 Å². The van der Waals surface area contributed by atoms with E-state index < -0.39 is 18.0 Å². The van der Waals surface area contributed by atoms with Gasteiger partial charge in [-0.1, -0.05) is 48.5 Å². The standard InChI is InChI=1S/C28H27N5O5/c1-36-24-14-12-19(16-25(24)37-2)20(29)17-27(34)38-23-11-7-6-10-22(23)30-28(35)31-26-15-13-21(32-33-26)18-8-4-3-5-9-18/h3-16,20H,17,29H2,1-2H3,(H2,30,31,33,35). The Balaban J connectivity index is 1.36. The lowest BCUT2D eigenvalue weighted by molar-refractivity contribution is -0.134. The molecule has 0 radical (unpaired) electrons. The first-order valence-corrected chi connectivity index (χ1v) is 11.7. The van der Waals surface area contributed by atoms with Gasteiger partial charge in [0, 0.05) is 11.6 Å². The lowest BCUT2D eigenvalue weighted by Gasteiger charge is -2.15. The van der Waals surface area contributed by atoms with Crippen LogP contribution in [0.2, 0.25) is 0 Å². The highest BCUT2D eigenvalue weighted by Gasteiger charge is 2.18. The van der Waals surface area contributed by atoms with Crippen molar-refractivity contribution in [2.75, 3.05) is 24.9 Å². The molecule has 0 aliphatic rings. The molecule has 0 saturated heterocycles. The molecule has 0 aliphatic carbocycles. The molecule has 4 aromatic rings. The molecule has 10 heteroatoms. The molecule has 10 nitrogen and oxygen atoms in total. The number of hydrogen-bond acceptors (Lipinski definition) is 8. The van der Waals surface area contributed by atoms with Gasteiger partial charge in [-0.25, -0.2) is 4.79 Å². The monoisotopic (exact) mass is 513 g/mol. The number of carbonyl (C=O) groups is 2. The first kappa shape index (κ1) is 26.1. The smallest absolute Gasteiger partial charge is 0.325 e. The van der Waals surface area contributed by atoms with Crippen LogP contribution in [0.5, 0.6) is 17.2 Å². The van der Waals surface area contributed by atoms with E-state index >= 15 is 0 Å². The number of amides is 2. The van der Waals surface area contributed by atoms with E-state index in [4.69, 9.17) is 19.9 Å². The highest BCUT2D eigenvalue weighted by atomic mass is 16.5. The second-order valence-electron chi connectivity index (χ2n) is 8.14. The predicted octanol–water partition coefficient (Wildman–Crippen LogP) is 4.80. The zero-order chi connectivity index (χ0) is 26.9. The van der Waals surface area contributed by atoms with E-state index in [2.05, 4.69) is 20.8 Å². The summed E-state index contributed by atoms with van der Waals surface area (Å²) in [5, 5.41) is 13.5. The van der Waals surface area contributed by atoms with Crippen LogP contribution < -0.4 is 30.6 Å². The molecular weight excluding hydrogens is 486 g/mol. The van der Waals surface area contributed by atoms with E-state index in [-0.39, 0.29) is 18.0 Å². The van der Waals surface area contributed by atoms with Crippen molar-refractivity contribution < 1.29 is 23.8 Å². The number of anilines is 2. The van der Waals surface area contributed by atoms with Crippen LogP contribution in [0.25, 0.3) is 11.3 Å². The van der Waals surface area contributed by atoms with Crippen molar-refractivity contribution in [2.24, 2.45) is 5.73 Å². The second kappa shape index (κ2) is 12.3. The SMILES string of the molecule is COc1ccc(C(N)CC(=O)Oc2ccccc2NC(=O)Nc2ccc(-c3ccccc3)nn2)cc1OC. The number of nitrogens with zero attached hydrogens (tertiary/aromatic N) is 2. The lowest BCUT2D eigenvalue weighted by atomic mass is 10.0. The van der Waals surface area contributed by atoms with Crippen LogP contribution >= 0.6 is 0 Å². The lowest BCUT2D eigenvalue weighted by Crippen LogP contribution is -2.22. The normalized spacial score (nSPS) is 11.2. The summed E-state index contributed by atoms with van der Waals surface area (Å²) in [7, 11) is 3.06. The number of nitrogens with one attached hydrogen (secondary N) is 2. The van der Waals surface area contributed by atoms with Crippen LogP contribution in [0.15, 0.2) is 84.9 Å². The Morgan fingerprint density at radius 3 is 2.26 bits per heavy atom.